The van der Waals surface area contributed by atoms with Crippen LogP contribution in [0.2, 0.25) is 5.02 Å². The van der Waals surface area contributed by atoms with Gasteiger partial charge in [0.15, 0.2) is 0 Å². The number of carbonyl (C=O) groups excluding carboxylic acids is 2. The fourth-order valence-corrected chi connectivity index (χ4v) is 4.18. The first-order valence-corrected chi connectivity index (χ1v) is 10.8. The van der Waals surface area contributed by atoms with Gasteiger partial charge < -0.3 is 15.5 Å². The molecule has 1 fully saturated rings. The second-order valence-corrected chi connectivity index (χ2v) is 8.26. The Labute approximate surface area is 182 Å². The van der Waals surface area contributed by atoms with E-state index in [0.29, 0.717) is 21.3 Å². The van der Waals surface area contributed by atoms with Crippen LogP contribution < -0.4 is 15.5 Å². The van der Waals surface area contributed by atoms with E-state index >= 15 is 0 Å². The molecule has 1 aromatic heterocycles. The minimum absolute atomic E-state index is 0.156. The fourth-order valence-electron chi connectivity index (χ4n) is 3.40. The van der Waals surface area contributed by atoms with Gasteiger partial charge in [0.2, 0.25) is 0 Å². The van der Waals surface area contributed by atoms with Crippen LogP contribution >= 0.6 is 22.9 Å². The molecule has 1 aliphatic heterocycles. The molecule has 0 radical (unpaired) electrons. The van der Waals surface area contributed by atoms with Crippen molar-refractivity contribution in [2.75, 3.05) is 28.6 Å². The van der Waals surface area contributed by atoms with Crippen molar-refractivity contribution in [1.29, 1.82) is 0 Å². The van der Waals surface area contributed by atoms with E-state index in [9.17, 15) is 14.0 Å². The molecule has 0 aliphatic carbocycles. The van der Waals surface area contributed by atoms with Gasteiger partial charge in [-0.2, -0.15) is 0 Å². The lowest BCUT2D eigenvalue weighted by molar-refractivity contribution is 0.101. The van der Waals surface area contributed by atoms with Crippen LogP contribution in [0.25, 0.3) is 0 Å². The molecule has 30 heavy (non-hydrogen) atoms. The highest BCUT2D eigenvalue weighted by Gasteiger charge is 2.21. The highest BCUT2D eigenvalue weighted by atomic mass is 35.5. The molecule has 0 unspecified atom stereocenters. The number of para-hydroxylation sites is 1. The molecule has 1 aliphatic rings. The zero-order valence-electron chi connectivity index (χ0n) is 16.0. The first kappa shape index (κ1) is 20.4. The number of nitrogens with one attached hydrogen (secondary N) is 2. The Hall–Kier alpha value is -2.90. The minimum Gasteiger partial charge on any atom is -0.370 e. The Morgan fingerprint density at radius 2 is 1.80 bits per heavy atom. The maximum Gasteiger partial charge on any atom is 0.265 e. The zero-order chi connectivity index (χ0) is 21.1. The summed E-state index contributed by atoms with van der Waals surface area (Å²) in [5.41, 5.74) is 1.40. The highest BCUT2D eigenvalue weighted by molar-refractivity contribution is 7.12. The zero-order valence-corrected chi connectivity index (χ0v) is 17.5. The number of anilines is 3. The van der Waals surface area contributed by atoms with Gasteiger partial charge in [0.05, 0.1) is 21.3 Å². The van der Waals surface area contributed by atoms with Crippen LogP contribution in [-0.4, -0.2) is 24.9 Å². The van der Waals surface area contributed by atoms with E-state index in [0.717, 1.165) is 25.9 Å². The molecule has 8 heteroatoms. The van der Waals surface area contributed by atoms with Crippen molar-refractivity contribution >= 4 is 51.8 Å². The molecule has 3 aromatic rings. The molecule has 2 N–H and O–H groups in total. The summed E-state index contributed by atoms with van der Waals surface area (Å²) in [4.78, 5) is 27.8. The molecular weight excluding hydrogens is 425 g/mol. The monoisotopic (exact) mass is 443 g/mol. The summed E-state index contributed by atoms with van der Waals surface area (Å²) in [7, 11) is 0. The molecule has 2 aromatic carbocycles. The molecule has 2 amide bonds. The SMILES string of the molecule is O=C(Nc1c(F)cccc1N1CCCC1)c1ccc(Cl)c(NC(=O)c2cccs2)c1. The summed E-state index contributed by atoms with van der Waals surface area (Å²) in [5.74, 6) is -1.29. The van der Waals surface area contributed by atoms with Crippen molar-refractivity contribution in [3.8, 4) is 0 Å². The van der Waals surface area contributed by atoms with E-state index in [1.165, 1.54) is 35.6 Å². The summed E-state index contributed by atoms with van der Waals surface area (Å²) in [6.45, 7) is 1.65. The molecule has 0 bridgehead atoms. The largest absolute Gasteiger partial charge is 0.370 e. The lowest BCUT2D eigenvalue weighted by Gasteiger charge is -2.22. The second-order valence-electron chi connectivity index (χ2n) is 6.91. The molecule has 0 saturated carbocycles. The van der Waals surface area contributed by atoms with Crippen LogP contribution in [0.4, 0.5) is 21.5 Å². The van der Waals surface area contributed by atoms with Gasteiger partial charge in [-0.1, -0.05) is 23.7 Å². The first-order chi connectivity index (χ1) is 14.5. The van der Waals surface area contributed by atoms with Gasteiger partial charge in [-0.15, -0.1) is 11.3 Å². The van der Waals surface area contributed by atoms with Crippen molar-refractivity contribution < 1.29 is 14.0 Å². The van der Waals surface area contributed by atoms with Gasteiger partial charge >= 0.3 is 0 Å². The molecule has 2 heterocycles. The van der Waals surface area contributed by atoms with Crippen LogP contribution in [0.1, 0.15) is 32.9 Å². The standard InChI is InChI=1S/C22H19ClFN3O2S/c23-15-9-8-14(13-17(15)25-22(29)19-7-4-12-30-19)21(28)26-20-16(24)5-3-6-18(20)27-10-1-2-11-27/h3-9,12-13H,1-2,10-11H2,(H,25,29)(H,26,28). The topological polar surface area (TPSA) is 61.4 Å². The average molecular weight is 444 g/mol. The van der Waals surface area contributed by atoms with Crippen molar-refractivity contribution in [3.05, 3.63) is 75.2 Å². The number of hydrogen-bond donors (Lipinski definition) is 2. The third-order valence-corrected chi connectivity index (χ3v) is 6.10. The first-order valence-electron chi connectivity index (χ1n) is 9.52. The summed E-state index contributed by atoms with van der Waals surface area (Å²) in [6, 6.07) is 12.8. The summed E-state index contributed by atoms with van der Waals surface area (Å²) >= 11 is 7.50. The van der Waals surface area contributed by atoms with E-state index in [1.807, 2.05) is 0 Å². The van der Waals surface area contributed by atoms with E-state index < -0.39 is 11.7 Å². The van der Waals surface area contributed by atoms with Crippen molar-refractivity contribution in [1.82, 2.24) is 0 Å². The quantitative estimate of drug-likeness (QED) is 0.536. The predicted octanol–water partition coefficient (Wildman–Crippen LogP) is 5.65. The van der Waals surface area contributed by atoms with E-state index in [4.69, 9.17) is 11.6 Å². The van der Waals surface area contributed by atoms with Crippen LogP contribution in [0.5, 0.6) is 0 Å². The lowest BCUT2D eigenvalue weighted by atomic mass is 10.1. The maximum absolute atomic E-state index is 14.5. The predicted molar refractivity (Wildman–Crippen MR) is 120 cm³/mol. The fraction of sp³-hybridized carbons (Fsp3) is 0.182. The van der Waals surface area contributed by atoms with Crippen LogP contribution in [0, 0.1) is 5.82 Å². The van der Waals surface area contributed by atoms with E-state index in [-0.39, 0.29) is 17.2 Å². The normalized spacial score (nSPS) is 13.3. The lowest BCUT2D eigenvalue weighted by Crippen LogP contribution is -2.22. The third-order valence-electron chi connectivity index (χ3n) is 4.90. The van der Waals surface area contributed by atoms with Crippen molar-refractivity contribution in [3.63, 3.8) is 0 Å². The van der Waals surface area contributed by atoms with E-state index in [1.54, 1.807) is 29.6 Å². The summed E-state index contributed by atoms with van der Waals surface area (Å²) in [6.07, 6.45) is 2.07. The number of benzene rings is 2. The Kier molecular flexibility index (Phi) is 6.01. The molecule has 5 nitrogen and oxygen atoms in total. The molecule has 1 saturated heterocycles. The molecule has 0 atom stereocenters. The van der Waals surface area contributed by atoms with Gasteiger partial charge in [-0.3, -0.25) is 9.59 Å². The summed E-state index contributed by atoms with van der Waals surface area (Å²) < 4.78 is 14.5. The van der Waals surface area contributed by atoms with Crippen LogP contribution in [0.15, 0.2) is 53.9 Å². The Morgan fingerprint density at radius 3 is 2.53 bits per heavy atom. The third kappa shape index (κ3) is 4.32. The Bertz CT molecular complexity index is 1080. The number of rotatable bonds is 5. The molecule has 0 spiro atoms. The molecule has 4 rings (SSSR count). The average Bonchev–Trinajstić information content (AvgIpc) is 3.45. The van der Waals surface area contributed by atoms with E-state index in [2.05, 4.69) is 15.5 Å². The van der Waals surface area contributed by atoms with Gasteiger partial charge in [-0.25, -0.2) is 4.39 Å². The highest BCUT2D eigenvalue weighted by Crippen LogP contribution is 2.32. The van der Waals surface area contributed by atoms with Gasteiger partial charge in [0.25, 0.3) is 11.8 Å². The number of hydrogen-bond acceptors (Lipinski definition) is 4. The van der Waals surface area contributed by atoms with Crippen molar-refractivity contribution in [2.24, 2.45) is 0 Å². The Balaban J connectivity index is 1.57. The smallest absolute Gasteiger partial charge is 0.265 e. The van der Waals surface area contributed by atoms with Gasteiger partial charge in [0, 0.05) is 18.7 Å². The number of nitrogens with zero attached hydrogens (tertiary/aromatic N) is 1. The minimum atomic E-state index is -0.493. The Morgan fingerprint density at radius 1 is 1.00 bits per heavy atom. The van der Waals surface area contributed by atoms with Crippen LogP contribution in [-0.2, 0) is 0 Å². The molecular formula is C22H19ClFN3O2S. The number of thiophene rings is 1. The number of halogens is 2. The van der Waals surface area contributed by atoms with Gasteiger partial charge in [-0.05, 0) is 54.6 Å². The molecule has 154 valence electrons. The number of carbonyl (C=O) groups is 2. The van der Waals surface area contributed by atoms with Gasteiger partial charge in [0.1, 0.15) is 11.5 Å². The van der Waals surface area contributed by atoms with Crippen molar-refractivity contribution in [2.45, 2.75) is 12.8 Å². The summed E-state index contributed by atoms with van der Waals surface area (Å²) in [5, 5.41) is 7.51. The number of amides is 2. The van der Waals surface area contributed by atoms with Crippen LogP contribution in [0.3, 0.4) is 0 Å². The second kappa shape index (κ2) is 8.85. The maximum atomic E-state index is 14.5.